The number of carbonyl (C=O) groups is 1. The van der Waals surface area contributed by atoms with E-state index in [1.165, 1.54) is 29.2 Å². The second-order valence-electron chi connectivity index (χ2n) is 5.61. The summed E-state index contributed by atoms with van der Waals surface area (Å²) in [6.45, 7) is 0. The summed E-state index contributed by atoms with van der Waals surface area (Å²) in [5, 5.41) is 13.7. The summed E-state index contributed by atoms with van der Waals surface area (Å²) in [6.07, 6.45) is 1.14. The van der Waals surface area contributed by atoms with Gasteiger partial charge in [0.25, 0.3) is 5.69 Å². The van der Waals surface area contributed by atoms with Crippen LogP contribution in [0.2, 0.25) is 0 Å². The first kappa shape index (κ1) is 16.4. The van der Waals surface area contributed by atoms with E-state index >= 15 is 0 Å². The number of hydrogen-bond acceptors (Lipinski definition) is 4. The fourth-order valence-electron chi connectivity index (χ4n) is 3.05. The van der Waals surface area contributed by atoms with Crippen molar-refractivity contribution in [2.45, 2.75) is 29.6 Å². The molecule has 0 bridgehead atoms. The summed E-state index contributed by atoms with van der Waals surface area (Å²) in [5.74, 6) is -0.542. The van der Waals surface area contributed by atoms with Crippen molar-refractivity contribution >= 4 is 57.8 Å². The zero-order chi connectivity index (χ0) is 16.7. The first-order valence-corrected chi connectivity index (χ1v) is 8.33. The van der Waals surface area contributed by atoms with E-state index in [0.717, 1.165) is 0 Å². The molecule has 0 aromatic heterocycles. The first-order chi connectivity index (χ1) is 10.9. The SMILES string of the molecule is O=C1C2CC(Cl)CC(Cl)C2NC(=S)N1c1ccc([N+](=O)[O-])cc1. The van der Waals surface area contributed by atoms with Crippen LogP contribution in [-0.4, -0.2) is 32.7 Å². The summed E-state index contributed by atoms with van der Waals surface area (Å²) in [6, 6.07) is 5.45. The molecule has 122 valence electrons. The maximum atomic E-state index is 12.8. The Hall–Kier alpha value is -1.44. The monoisotopic (exact) mass is 373 g/mol. The number of thiocarbonyl (C=S) groups is 1. The van der Waals surface area contributed by atoms with E-state index in [9.17, 15) is 14.9 Å². The Balaban J connectivity index is 1.89. The van der Waals surface area contributed by atoms with E-state index in [1.54, 1.807) is 0 Å². The first-order valence-electron chi connectivity index (χ1n) is 7.05. The number of alkyl halides is 2. The van der Waals surface area contributed by atoms with Crippen LogP contribution in [0.5, 0.6) is 0 Å². The molecule has 2 fully saturated rings. The van der Waals surface area contributed by atoms with Gasteiger partial charge in [0.1, 0.15) is 0 Å². The fourth-order valence-corrected chi connectivity index (χ4v) is 4.31. The van der Waals surface area contributed by atoms with Crippen LogP contribution in [0.1, 0.15) is 12.8 Å². The van der Waals surface area contributed by atoms with Gasteiger partial charge in [-0.15, -0.1) is 23.2 Å². The number of non-ortho nitro benzene ring substituents is 1. The van der Waals surface area contributed by atoms with Gasteiger partial charge in [-0.05, 0) is 37.2 Å². The molecule has 2 aliphatic rings. The minimum atomic E-state index is -0.494. The van der Waals surface area contributed by atoms with Crippen LogP contribution in [0.25, 0.3) is 0 Å². The molecule has 1 amide bonds. The van der Waals surface area contributed by atoms with Crippen molar-refractivity contribution in [1.82, 2.24) is 5.32 Å². The van der Waals surface area contributed by atoms with E-state index in [0.29, 0.717) is 18.5 Å². The standard InChI is InChI=1S/C14H13Cl2N3O3S/c15-7-5-10-12(11(16)6-7)17-14(23)18(13(10)20)8-1-3-9(4-2-8)19(21)22/h1-4,7,10-12H,5-6H2,(H,17,23). The Morgan fingerprint density at radius 3 is 2.52 bits per heavy atom. The number of halogens is 2. The molecule has 1 aromatic carbocycles. The average Bonchev–Trinajstić information content (AvgIpc) is 2.49. The number of rotatable bonds is 2. The number of nitro benzene ring substituents is 1. The van der Waals surface area contributed by atoms with Crippen molar-refractivity contribution < 1.29 is 9.72 Å². The highest BCUT2D eigenvalue weighted by atomic mass is 35.5. The van der Waals surface area contributed by atoms with Gasteiger partial charge in [-0.25, -0.2) is 0 Å². The number of nitrogens with one attached hydrogen (secondary N) is 1. The van der Waals surface area contributed by atoms with Gasteiger partial charge in [0.15, 0.2) is 5.11 Å². The van der Waals surface area contributed by atoms with Crippen molar-refractivity contribution in [3.63, 3.8) is 0 Å². The maximum absolute atomic E-state index is 12.8. The Labute approximate surface area is 147 Å². The fraction of sp³-hybridized carbons (Fsp3) is 0.429. The molecule has 23 heavy (non-hydrogen) atoms. The summed E-state index contributed by atoms with van der Waals surface area (Å²) in [7, 11) is 0. The second kappa shape index (κ2) is 6.22. The van der Waals surface area contributed by atoms with Crippen molar-refractivity contribution in [3.8, 4) is 0 Å². The van der Waals surface area contributed by atoms with Crippen molar-refractivity contribution in [2.75, 3.05) is 4.90 Å². The Bertz CT molecular complexity index is 670. The minimum Gasteiger partial charge on any atom is -0.357 e. The third-order valence-electron chi connectivity index (χ3n) is 4.16. The Morgan fingerprint density at radius 1 is 1.26 bits per heavy atom. The van der Waals surface area contributed by atoms with Crippen molar-refractivity contribution in [3.05, 3.63) is 34.4 Å². The molecule has 1 saturated carbocycles. The van der Waals surface area contributed by atoms with E-state index in [-0.39, 0.29) is 39.4 Å². The highest BCUT2D eigenvalue weighted by molar-refractivity contribution is 7.80. The molecule has 1 heterocycles. The minimum absolute atomic E-state index is 0.0470. The van der Waals surface area contributed by atoms with Gasteiger partial charge >= 0.3 is 0 Å². The maximum Gasteiger partial charge on any atom is 0.269 e. The predicted molar refractivity (Wildman–Crippen MR) is 92.1 cm³/mol. The molecule has 0 radical (unpaired) electrons. The molecule has 4 unspecified atom stereocenters. The summed E-state index contributed by atoms with van der Waals surface area (Å²) >= 11 is 17.8. The third-order valence-corrected chi connectivity index (χ3v) is 5.27. The second-order valence-corrected chi connectivity index (χ2v) is 7.18. The molecular weight excluding hydrogens is 361 g/mol. The smallest absolute Gasteiger partial charge is 0.269 e. The zero-order valence-electron chi connectivity index (χ0n) is 11.8. The van der Waals surface area contributed by atoms with Gasteiger partial charge in [0, 0.05) is 17.5 Å². The number of anilines is 1. The van der Waals surface area contributed by atoms with Crippen LogP contribution < -0.4 is 10.2 Å². The average molecular weight is 374 g/mol. The lowest BCUT2D eigenvalue weighted by Gasteiger charge is -2.44. The molecule has 1 aliphatic heterocycles. The molecule has 1 N–H and O–H groups in total. The Kier molecular flexibility index (Phi) is 4.44. The summed E-state index contributed by atoms with van der Waals surface area (Å²) in [4.78, 5) is 24.4. The van der Waals surface area contributed by atoms with Crippen LogP contribution >= 0.6 is 35.4 Å². The normalized spacial score (nSPS) is 30.6. The molecule has 1 saturated heterocycles. The predicted octanol–water partition coefficient (Wildman–Crippen LogP) is 2.81. The van der Waals surface area contributed by atoms with Gasteiger partial charge in [0.2, 0.25) is 5.91 Å². The number of fused-ring (bicyclic) bond motifs is 1. The largest absolute Gasteiger partial charge is 0.357 e. The van der Waals surface area contributed by atoms with Gasteiger partial charge in [-0.3, -0.25) is 19.8 Å². The zero-order valence-corrected chi connectivity index (χ0v) is 14.1. The lowest BCUT2D eigenvalue weighted by atomic mass is 9.81. The highest BCUT2D eigenvalue weighted by Gasteiger charge is 2.47. The van der Waals surface area contributed by atoms with Gasteiger partial charge < -0.3 is 5.32 Å². The van der Waals surface area contributed by atoms with Crippen LogP contribution in [0.4, 0.5) is 11.4 Å². The quantitative estimate of drug-likeness (QED) is 0.373. The number of benzene rings is 1. The molecule has 4 atom stereocenters. The van der Waals surface area contributed by atoms with Crippen molar-refractivity contribution in [2.24, 2.45) is 5.92 Å². The molecule has 9 heteroatoms. The van der Waals surface area contributed by atoms with E-state index < -0.39 is 4.92 Å². The van der Waals surface area contributed by atoms with Crippen LogP contribution in [0.3, 0.4) is 0 Å². The number of nitro groups is 1. The van der Waals surface area contributed by atoms with Gasteiger partial charge in [-0.1, -0.05) is 0 Å². The van der Waals surface area contributed by atoms with E-state index in [2.05, 4.69) is 5.32 Å². The van der Waals surface area contributed by atoms with E-state index in [1.807, 2.05) is 0 Å². The molecule has 6 nitrogen and oxygen atoms in total. The molecule has 1 aliphatic carbocycles. The van der Waals surface area contributed by atoms with Gasteiger partial charge in [-0.2, -0.15) is 0 Å². The molecular formula is C14H13Cl2N3O3S. The van der Waals surface area contributed by atoms with Crippen LogP contribution in [0.15, 0.2) is 24.3 Å². The topological polar surface area (TPSA) is 75.5 Å². The van der Waals surface area contributed by atoms with Crippen LogP contribution in [0, 0.1) is 16.0 Å². The van der Waals surface area contributed by atoms with Crippen molar-refractivity contribution in [1.29, 1.82) is 0 Å². The summed E-state index contributed by atoms with van der Waals surface area (Å²) in [5.41, 5.74) is 0.439. The van der Waals surface area contributed by atoms with Gasteiger partial charge in [0.05, 0.1) is 27.9 Å². The number of hydrogen-bond donors (Lipinski definition) is 1. The third kappa shape index (κ3) is 3.00. The molecule has 0 spiro atoms. The number of carbonyl (C=O) groups excluding carboxylic acids is 1. The Morgan fingerprint density at radius 2 is 1.91 bits per heavy atom. The van der Waals surface area contributed by atoms with E-state index in [4.69, 9.17) is 35.4 Å². The lowest BCUT2D eigenvalue weighted by Crippen LogP contribution is -2.64. The lowest BCUT2D eigenvalue weighted by molar-refractivity contribution is -0.384. The summed E-state index contributed by atoms with van der Waals surface area (Å²) < 4.78 is 0. The number of amides is 1. The molecule has 1 aromatic rings. The highest BCUT2D eigenvalue weighted by Crippen LogP contribution is 2.36. The number of nitrogens with zero attached hydrogens (tertiary/aromatic N) is 2. The molecule has 3 rings (SSSR count). The van der Waals surface area contributed by atoms with Crippen LogP contribution in [-0.2, 0) is 4.79 Å².